The largest absolute Gasteiger partial charge is 0.244 e. The highest BCUT2D eigenvalue weighted by Gasteiger charge is 2.01. The van der Waals surface area contributed by atoms with Crippen molar-refractivity contribution in [2.45, 2.75) is 0 Å². The monoisotopic (exact) mass is 223 g/mol. The third-order valence-electron chi connectivity index (χ3n) is 2.57. The van der Waals surface area contributed by atoms with E-state index in [4.69, 9.17) is 0 Å². The van der Waals surface area contributed by atoms with E-state index in [1.54, 1.807) is 12.3 Å². The normalized spacial score (nSPS) is 10.6. The number of rotatable bonds is 1. The van der Waals surface area contributed by atoms with E-state index in [0.29, 0.717) is 0 Å². The van der Waals surface area contributed by atoms with Gasteiger partial charge >= 0.3 is 0 Å². The number of fused-ring (bicyclic) bond motifs is 1. The van der Waals surface area contributed by atoms with Gasteiger partial charge in [-0.1, -0.05) is 12.1 Å². The summed E-state index contributed by atoms with van der Waals surface area (Å²) in [6.45, 7) is 0. The van der Waals surface area contributed by atoms with Gasteiger partial charge in [0, 0.05) is 17.6 Å². The molecule has 0 atom stereocenters. The van der Waals surface area contributed by atoms with Crippen LogP contribution in [-0.4, -0.2) is 9.97 Å². The molecule has 17 heavy (non-hydrogen) atoms. The molecule has 3 aromatic rings. The van der Waals surface area contributed by atoms with Gasteiger partial charge in [0.1, 0.15) is 12.1 Å². The van der Waals surface area contributed by atoms with Crippen LogP contribution in [0, 0.1) is 11.9 Å². The number of aromatic nitrogens is 2. The SMILES string of the molecule is Fc1cccc(-c2c[c]c3ncncc3c2)c1. The van der Waals surface area contributed by atoms with Crippen LogP contribution in [0.1, 0.15) is 0 Å². The van der Waals surface area contributed by atoms with Crippen LogP contribution >= 0.6 is 0 Å². The molecule has 0 bridgehead atoms. The van der Waals surface area contributed by atoms with Gasteiger partial charge in [0.2, 0.25) is 0 Å². The lowest BCUT2D eigenvalue weighted by Gasteiger charge is -2.03. The maximum absolute atomic E-state index is 13.1. The van der Waals surface area contributed by atoms with Crippen molar-refractivity contribution < 1.29 is 4.39 Å². The van der Waals surface area contributed by atoms with E-state index in [1.165, 1.54) is 18.5 Å². The van der Waals surface area contributed by atoms with Gasteiger partial charge in [-0.2, -0.15) is 0 Å². The molecule has 81 valence electrons. The molecule has 0 fully saturated rings. The fourth-order valence-electron chi connectivity index (χ4n) is 1.76. The Balaban J connectivity index is 2.18. The highest BCUT2D eigenvalue weighted by atomic mass is 19.1. The Bertz CT molecular complexity index is 680. The third-order valence-corrected chi connectivity index (χ3v) is 2.57. The maximum atomic E-state index is 13.1. The second kappa shape index (κ2) is 3.94. The first-order chi connectivity index (χ1) is 8.33. The summed E-state index contributed by atoms with van der Waals surface area (Å²) < 4.78 is 13.1. The zero-order valence-corrected chi connectivity index (χ0v) is 8.89. The molecule has 1 aromatic heterocycles. The summed E-state index contributed by atoms with van der Waals surface area (Å²) in [7, 11) is 0. The van der Waals surface area contributed by atoms with Gasteiger partial charge in [0.25, 0.3) is 0 Å². The molecule has 3 rings (SSSR count). The predicted octanol–water partition coefficient (Wildman–Crippen LogP) is 3.24. The molecule has 0 aliphatic carbocycles. The van der Waals surface area contributed by atoms with Crippen LogP contribution in [0.25, 0.3) is 22.0 Å². The Morgan fingerprint density at radius 1 is 1.12 bits per heavy atom. The molecule has 0 saturated carbocycles. The van der Waals surface area contributed by atoms with Crippen LogP contribution in [0.5, 0.6) is 0 Å². The highest BCUT2D eigenvalue weighted by Crippen LogP contribution is 2.23. The van der Waals surface area contributed by atoms with Crippen molar-refractivity contribution in [2.24, 2.45) is 0 Å². The number of nitrogens with zero attached hydrogens (tertiary/aromatic N) is 2. The average molecular weight is 223 g/mol. The standard InChI is InChI=1S/C14H8FN2/c15-13-3-1-2-10(7-13)11-4-5-14-12(6-11)8-16-9-17-14/h1-4,6-9H. The van der Waals surface area contributed by atoms with Gasteiger partial charge < -0.3 is 0 Å². The third kappa shape index (κ3) is 1.87. The lowest BCUT2D eigenvalue weighted by molar-refractivity contribution is 0.628. The number of benzene rings is 2. The predicted molar refractivity (Wildman–Crippen MR) is 63.8 cm³/mol. The number of halogens is 1. The lowest BCUT2D eigenvalue weighted by Crippen LogP contribution is -1.84. The Morgan fingerprint density at radius 3 is 2.94 bits per heavy atom. The molecule has 2 aromatic carbocycles. The summed E-state index contributed by atoms with van der Waals surface area (Å²) >= 11 is 0. The Morgan fingerprint density at radius 2 is 2.06 bits per heavy atom. The average Bonchev–Trinajstić information content (AvgIpc) is 2.38. The summed E-state index contributed by atoms with van der Waals surface area (Å²) in [5.41, 5.74) is 2.50. The second-order valence-corrected chi connectivity index (χ2v) is 3.73. The van der Waals surface area contributed by atoms with Crippen LogP contribution in [-0.2, 0) is 0 Å². The molecule has 0 amide bonds. The molecule has 2 nitrogen and oxygen atoms in total. The molecule has 3 heteroatoms. The van der Waals surface area contributed by atoms with Gasteiger partial charge in [-0.25, -0.2) is 14.4 Å². The van der Waals surface area contributed by atoms with E-state index in [0.717, 1.165) is 22.0 Å². The lowest BCUT2D eigenvalue weighted by atomic mass is 10.0. The van der Waals surface area contributed by atoms with Crippen molar-refractivity contribution in [1.82, 2.24) is 9.97 Å². The molecule has 1 radical (unpaired) electrons. The first-order valence-electron chi connectivity index (χ1n) is 5.20. The molecule has 0 N–H and O–H groups in total. The first kappa shape index (κ1) is 9.90. The van der Waals surface area contributed by atoms with Crippen molar-refractivity contribution in [3.05, 3.63) is 60.8 Å². The topological polar surface area (TPSA) is 25.8 Å². The summed E-state index contributed by atoms with van der Waals surface area (Å²) in [5.74, 6) is -0.244. The minimum absolute atomic E-state index is 0.244. The zero-order chi connectivity index (χ0) is 11.7. The van der Waals surface area contributed by atoms with E-state index in [1.807, 2.05) is 18.2 Å². The van der Waals surface area contributed by atoms with E-state index in [2.05, 4.69) is 16.0 Å². The fraction of sp³-hybridized carbons (Fsp3) is 0. The van der Waals surface area contributed by atoms with Crippen LogP contribution in [0.15, 0.2) is 48.9 Å². The van der Waals surface area contributed by atoms with Gasteiger partial charge in [-0.05, 0) is 35.4 Å². The molecule has 0 unspecified atom stereocenters. The molecule has 0 saturated heterocycles. The van der Waals surface area contributed by atoms with Crippen molar-refractivity contribution in [1.29, 1.82) is 0 Å². The van der Waals surface area contributed by atoms with Gasteiger partial charge in [0.15, 0.2) is 0 Å². The molecular formula is C14H8FN2. The van der Waals surface area contributed by atoms with E-state index < -0.39 is 0 Å². The van der Waals surface area contributed by atoms with Gasteiger partial charge in [-0.3, -0.25) is 0 Å². The number of hydrogen-bond donors (Lipinski definition) is 0. The summed E-state index contributed by atoms with van der Waals surface area (Å²) in [5, 5.41) is 0.897. The van der Waals surface area contributed by atoms with Crippen molar-refractivity contribution in [2.75, 3.05) is 0 Å². The van der Waals surface area contributed by atoms with Crippen LogP contribution in [0.2, 0.25) is 0 Å². The number of hydrogen-bond acceptors (Lipinski definition) is 2. The second-order valence-electron chi connectivity index (χ2n) is 3.73. The highest BCUT2D eigenvalue weighted by molar-refractivity contribution is 5.83. The van der Waals surface area contributed by atoms with E-state index in [9.17, 15) is 4.39 Å². The Hall–Kier alpha value is -2.29. The van der Waals surface area contributed by atoms with Crippen LogP contribution in [0.3, 0.4) is 0 Å². The molecule has 1 heterocycles. The minimum Gasteiger partial charge on any atom is -0.244 e. The molecule has 0 aliphatic heterocycles. The van der Waals surface area contributed by atoms with E-state index in [-0.39, 0.29) is 5.82 Å². The quantitative estimate of drug-likeness (QED) is 0.633. The fourth-order valence-corrected chi connectivity index (χ4v) is 1.76. The van der Waals surface area contributed by atoms with Crippen LogP contribution < -0.4 is 0 Å². The Labute approximate surface area is 97.8 Å². The van der Waals surface area contributed by atoms with E-state index >= 15 is 0 Å². The van der Waals surface area contributed by atoms with Crippen LogP contribution in [0.4, 0.5) is 4.39 Å². The van der Waals surface area contributed by atoms with Crippen molar-refractivity contribution in [3.63, 3.8) is 0 Å². The van der Waals surface area contributed by atoms with Gasteiger partial charge in [0.05, 0.1) is 5.52 Å². The smallest absolute Gasteiger partial charge is 0.123 e. The van der Waals surface area contributed by atoms with Gasteiger partial charge in [-0.15, -0.1) is 0 Å². The minimum atomic E-state index is -0.244. The first-order valence-corrected chi connectivity index (χ1v) is 5.20. The molecule has 0 aliphatic rings. The summed E-state index contributed by atoms with van der Waals surface area (Å²) in [6, 6.07) is 13.3. The van der Waals surface area contributed by atoms with Crippen molar-refractivity contribution in [3.8, 4) is 11.1 Å². The molecular weight excluding hydrogens is 215 g/mol. The Kier molecular flexibility index (Phi) is 2.29. The summed E-state index contributed by atoms with van der Waals surface area (Å²) in [4.78, 5) is 8.05. The summed E-state index contributed by atoms with van der Waals surface area (Å²) in [6.07, 6.45) is 3.21. The zero-order valence-electron chi connectivity index (χ0n) is 8.89. The molecule has 0 spiro atoms. The maximum Gasteiger partial charge on any atom is 0.123 e. The van der Waals surface area contributed by atoms with Crippen molar-refractivity contribution >= 4 is 10.9 Å².